The summed E-state index contributed by atoms with van der Waals surface area (Å²) < 4.78 is 11.0. The molecular weight excluding hydrogens is 332 g/mol. The van der Waals surface area contributed by atoms with Gasteiger partial charge in [-0.2, -0.15) is 0 Å². The molecule has 0 aromatic carbocycles. The molecule has 1 aromatic rings. The van der Waals surface area contributed by atoms with Gasteiger partial charge in [-0.25, -0.2) is 4.98 Å². The Hall–Kier alpha value is -1.51. The molecule has 1 N–H and O–H groups in total. The molecule has 0 saturated carbocycles. The van der Waals surface area contributed by atoms with Crippen molar-refractivity contribution in [1.29, 1.82) is 0 Å². The topological polar surface area (TPSA) is 89.0 Å². The highest BCUT2D eigenvalue weighted by Crippen LogP contribution is 2.43. The lowest BCUT2D eigenvalue weighted by atomic mass is 9.74. The molecule has 7 nitrogen and oxygen atoms in total. The minimum absolute atomic E-state index is 0.00327. The smallest absolute Gasteiger partial charge is 0.311 e. The van der Waals surface area contributed by atoms with Gasteiger partial charge in [0.15, 0.2) is 0 Å². The number of aromatic nitrogens is 1. The third-order valence-corrected chi connectivity index (χ3v) is 6.44. The number of hydrogen-bond donors (Lipinski definition) is 1. The van der Waals surface area contributed by atoms with Gasteiger partial charge in [-0.05, 0) is 19.3 Å². The van der Waals surface area contributed by atoms with E-state index in [2.05, 4.69) is 4.98 Å². The number of carbonyl (C=O) groups is 2. The molecule has 3 saturated heterocycles. The SMILES string of the molecule is O=C(c1cnc(C2CCCO2)s1)N1C[C@H]2COCC[C@@]2(C(=O)O)C1. The van der Waals surface area contributed by atoms with Crippen LogP contribution in [0.15, 0.2) is 6.20 Å². The first-order valence-corrected chi connectivity index (χ1v) is 9.09. The zero-order valence-corrected chi connectivity index (χ0v) is 14.1. The summed E-state index contributed by atoms with van der Waals surface area (Å²) in [6.07, 6.45) is 4.00. The minimum Gasteiger partial charge on any atom is -0.481 e. The van der Waals surface area contributed by atoms with Crippen LogP contribution in [-0.2, 0) is 14.3 Å². The molecule has 0 spiro atoms. The molecule has 0 bridgehead atoms. The maximum absolute atomic E-state index is 12.8. The van der Waals surface area contributed by atoms with E-state index in [4.69, 9.17) is 9.47 Å². The summed E-state index contributed by atoms with van der Waals surface area (Å²) in [4.78, 5) is 31.2. The molecule has 4 rings (SSSR count). The second-order valence-electron chi connectivity index (χ2n) is 6.73. The van der Waals surface area contributed by atoms with Gasteiger partial charge in [0.1, 0.15) is 16.0 Å². The van der Waals surface area contributed by atoms with Crippen LogP contribution in [0.5, 0.6) is 0 Å². The quantitative estimate of drug-likeness (QED) is 0.888. The highest BCUT2D eigenvalue weighted by molar-refractivity contribution is 7.13. The van der Waals surface area contributed by atoms with Crippen molar-refractivity contribution in [2.24, 2.45) is 11.3 Å². The molecule has 1 unspecified atom stereocenters. The van der Waals surface area contributed by atoms with E-state index < -0.39 is 11.4 Å². The number of carbonyl (C=O) groups excluding carboxylic acids is 1. The second-order valence-corrected chi connectivity index (χ2v) is 7.80. The molecule has 0 aliphatic carbocycles. The van der Waals surface area contributed by atoms with E-state index in [-0.39, 0.29) is 24.5 Å². The molecule has 1 amide bonds. The standard InChI is InChI=1S/C16H20N2O5S/c19-14(12-6-17-13(24-12)11-2-1-4-23-11)18-7-10-8-22-5-3-16(10,9-18)15(20)21/h6,10-11H,1-5,7-9H2,(H,20,21)/t10-,11?,16+/m0/s1. The fourth-order valence-corrected chi connectivity index (χ4v) is 4.89. The van der Waals surface area contributed by atoms with Gasteiger partial charge in [0.2, 0.25) is 0 Å². The van der Waals surface area contributed by atoms with Gasteiger partial charge in [0.25, 0.3) is 5.91 Å². The average Bonchev–Trinajstić information content (AvgIpc) is 3.30. The Morgan fingerprint density at radius 3 is 3.00 bits per heavy atom. The summed E-state index contributed by atoms with van der Waals surface area (Å²) >= 11 is 1.36. The van der Waals surface area contributed by atoms with E-state index in [1.807, 2.05) is 0 Å². The Balaban J connectivity index is 1.52. The highest BCUT2D eigenvalue weighted by Gasteiger charge is 2.55. The predicted octanol–water partition coefficient (Wildman–Crippen LogP) is 1.56. The fourth-order valence-electron chi connectivity index (χ4n) is 3.92. The molecule has 8 heteroatoms. The van der Waals surface area contributed by atoms with Crippen molar-refractivity contribution in [2.75, 3.05) is 32.9 Å². The Kier molecular flexibility index (Phi) is 4.06. The zero-order valence-electron chi connectivity index (χ0n) is 13.3. The van der Waals surface area contributed by atoms with Gasteiger partial charge in [-0.3, -0.25) is 9.59 Å². The van der Waals surface area contributed by atoms with Crippen molar-refractivity contribution in [3.63, 3.8) is 0 Å². The first-order valence-electron chi connectivity index (χ1n) is 8.28. The van der Waals surface area contributed by atoms with E-state index >= 15 is 0 Å². The Morgan fingerprint density at radius 2 is 2.29 bits per heavy atom. The predicted molar refractivity (Wildman–Crippen MR) is 84.9 cm³/mol. The van der Waals surface area contributed by atoms with Gasteiger partial charge >= 0.3 is 5.97 Å². The molecule has 24 heavy (non-hydrogen) atoms. The summed E-state index contributed by atoms with van der Waals surface area (Å²) in [7, 11) is 0. The van der Waals surface area contributed by atoms with Crippen molar-refractivity contribution in [1.82, 2.24) is 9.88 Å². The van der Waals surface area contributed by atoms with Crippen LogP contribution in [0.3, 0.4) is 0 Å². The molecule has 4 heterocycles. The van der Waals surface area contributed by atoms with E-state index in [1.54, 1.807) is 11.1 Å². The van der Waals surface area contributed by atoms with Gasteiger partial charge in [0, 0.05) is 32.2 Å². The average molecular weight is 352 g/mol. The third kappa shape index (κ3) is 2.53. The van der Waals surface area contributed by atoms with Crippen molar-refractivity contribution >= 4 is 23.2 Å². The van der Waals surface area contributed by atoms with Gasteiger partial charge in [-0.15, -0.1) is 11.3 Å². The van der Waals surface area contributed by atoms with Crippen molar-refractivity contribution in [3.05, 3.63) is 16.1 Å². The second kappa shape index (κ2) is 6.09. The Bertz CT molecular complexity index is 657. The lowest BCUT2D eigenvalue weighted by Gasteiger charge is -2.33. The molecular formula is C16H20N2O5S. The van der Waals surface area contributed by atoms with Crippen LogP contribution >= 0.6 is 11.3 Å². The van der Waals surface area contributed by atoms with E-state index in [0.717, 1.165) is 24.5 Å². The Labute approximate surface area is 143 Å². The highest BCUT2D eigenvalue weighted by atomic mass is 32.1. The van der Waals surface area contributed by atoms with Crippen LogP contribution in [0, 0.1) is 11.3 Å². The van der Waals surface area contributed by atoms with E-state index in [1.165, 1.54) is 11.3 Å². The van der Waals surface area contributed by atoms with Crippen molar-refractivity contribution in [3.8, 4) is 0 Å². The van der Waals surface area contributed by atoms with Crippen molar-refractivity contribution < 1.29 is 24.2 Å². The molecule has 1 aromatic heterocycles. The molecule has 3 aliphatic rings. The van der Waals surface area contributed by atoms with Crippen molar-refractivity contribution in [2.45, 2.75) is 25.4 Å². The number of fused-ring (bicyclic) bond motifs is 1. The largest absolute Gasteiger partial charge is 0.481 e. The lowest BCUT2D eigenvalue weighted by molar-refractivity contribution is -0.157. The maximum atomic E-state index is 12.8. The summed E-state index contributed by atoms with van der Waals surface area (Å²) in [6.45, 7) is 2.26. The number of amides is 1. The Morgan fingerprint density at radius 1 is 1.42 bits per heavy atom. The van der Waals surface area contributed by atoms with Crippen LogP contribution < -0.4 is 0 Å². The molecule has 3 fully saturated rings. The minimum atomic E-state index is -0.865. The number of hydrogen-bond acceptors (Lipinski definition) is 6. The molecule has 3 atom stereocenters. The molecule has 3 aliphatic heterocycles. The number of carboxylic acids is 1. The monoisotopic (exact) mass is 352 g/mol. The van der Waals surface area contributed by atoms with Crippen LogP contribution in [0.1, 0.15) is 40.0 Å². The van der Waals surface area contributed by atoms with E-state index in [0.29, 0.717) is 31.1 Å². The normalized spacial score (nSPS) is 32.8. The molecule has 0 radical (unpaired) electrons. The fraction of sp³-hybridized carbons (Fsp3) is 0.688. The number of rotatable bonds is 3. The van der Waals surface area contributed by atoms with Gasteiger partial charge in [-0.1, -0.05) is 0 Å². The van der Waals surface area contributed by atoms with Crippen LogP contribution in [0.25, 0.3) is 0 Å². The number of nitrogens with zero attached hydrogens (tertiary/aromatic N) is 2. The number of carboxylic acid groups (broad SMARTS) is 1. The van der Waals surface area contributed by atoms with E-state index in [9.17, 15) is 14.7 Å². The number of likely N-dealkylation sites (tertiary alicyclic amines) is 1. The zero-order chi connectivity index (χ0) is 16.7. The summed E-state index contributed by atoms with van der Waals surface area (Å²) in [5.41, 5.74) is -0.865. The lowest BCUT2D eigenvalue weighted by Crippen LogP contribution is -2.45. The summed E-state index contributed by atoms with van der Waals surface area (Å²) in [5, 5.41) is 10.5. The number of ether oxygens (including phenoxy) is 2. The van der Waals surface area contributed by atoms with Crippen LogP contribution in [0.4, 0.5) is 0 Å². The summed E-state index contributed by atoms with van der Waals surface area (Å²) in [6, 6.07) is 0. The summed E-state index contributed by atoms with van der Waals surface area (Å²) in [5.74, 6) is -1.10. The third-order valence-electron chi connectivity index (χ3n) is 5.36. The first-order chi connectivity index (χ1) is 11.6. The van der Waals surface area contributed by atoms with Crippen LogP contribution in [0.2, 0.25) is 0 Å². The first kappa shape index (κ1) is 16.0. The van der Waals surface area contributed by atoms with Gasteiger partial charge < -0.3 is 19.5 Å². The van der Waals surface area contributed by atoms with Gasteiger partial charge in [0.05, 0.1) is 18.2 Å². The maximum Gasteiger partial charge on any atom is 0.311 e. The number of aliphatic carboxylic acids is 1. The number of thiazole rings is 1. The molecule has 130 valence electrons. The van der Waals surface area contributed by atoms with Crippen LogP contribution in [-0.4, -0.2) is 59.8 Å².